The number of carbonyl (C=O) groups is 1. The van der Waals surface area contributed by atoms with Gasteiger partial charge < -0.3 is 5.11 Å². The van der Waals surface area contributed by atoms with Crippen LogP contribution in [-0.4, -0.2) is 10.9 Å². The van der Waals surface area contributed by atoms with Crippen molar-refractivity contribution in [3.63, 3.8) is 0 Å². The van der Waals surface area contributed by atoms with E-state index in [1.54, 1.807) is 0 Å². The van der Waals surface area contributed by atoms with Crippen LogP contribution in [0, 0.1) is 11.8 Å². The maximum absolute atomic E-state index is 12.0. The Hall–Kier alpha value is -1.15. The first-order valence-electron chi connectivity index (χ1n) is 5.97. The van der Waals surface area contributed by atoms with Crippen molar-refractivity contribution in [1.29, 1.82) is 0 Å². The van der Waals surface area contributed by atoms with Crippen molar-refractivity contribution in [2.24, 2.45) is 11.8 Å². The number of Topliss-reactive ketones (excluding diaryl/α,β-unsaturated/α-hetero) is 1. The molecule has 0 aromatic heterocycles. The summed E-state index contributed by atoms with van der Waals surface area (Å²) in [5.41, 5.74) is 0.856. The van der Waals surface area contributed by atoms with Crippen LogP contribution in [0.3, 0.4) is 0 Å². The van der Waals surface area contributed by atoms with E-state index in [-0.39, 0.29) is 17.6 Å². The number of aliphatic hydroxyl groups is 1. The lowest BCUT2D eigenvalue weighted by Crippen LogP contribution is -2.31. The first-order chi connectivity index (χ1) is 7.70. The highest BCUT2D eigenvalue weighted by Crippen LogP contribution is 2.34. The number of benzene rings is 1. The van der Waals surface area contributed by atoms with Crippen molar-refractivity contribution in [3.05, 3.63) is 35.9 Å². The molecule has 0 saturated heterocycles. The Labute approximate surface area is 96.3 Å². The van der Waals surface area contributed by atoms with E-state index < -0.39 is 6.10 Å². The van der Waals surface area contributed by atoms with E-state index >= 15 is 0 Å². The summed E-state index contributed by atoms with van der Waals surface area (Å²) in [5, 5.41) is 10.2. The minimum Gasteiger partial charge on any atom is -0.388 e. The van der Waals surface area contributed by atoms with Crippen LogP contribution in [-0.2, 0) is 4.79 Å². The van der Waals surface area contributed by atoms with E-state index in [0.29, 0.717) is 0 Å². The van der Waals surface area contributed by atoms with Gasteiger partial charge in [-0.15, -0.1) is 0 Å². The van der Waals surface area contributed by atoms with Gasteiger partial charge in [0.1, 0.15) is 5.78 Å². The molecule has 1 aromatic rings. The average Bonchev–Trinajstić information content (AvgIpc) is 2.33. The second-order valence-electron chi connectivity index (χ2n) is 4.70. The largest absolute Gasteiger partial charge is 0.388 e. The lowest BCUT2D eigenvalue weighted by Gasteiger charge is -2.29. The highest BCUT2D eigenvalue weighted by Gasteiger charge is 2.33. The maximum atomic E-state index is 12.0. The predicted octanol–water partition coefficient (Wildman–Crippen LogP) is 2.73. The van der Waals surface area contributed by atoms with Crippen LogP contribution in [0.25, 0.3) is 0 Å². The minimum absolute atomic E-state index is 0.108. The topological polar surface area (TPSA) is 37.3 Å². The number of hydrogen-bond donors (Lipinski definition) is 1. The Morgan fingerprint density at radius 2 is 1.94 bits per heavy atom. The van der Waals surface area contributed by atoms with E-state index in [0.717, 1.165) is 24.8 Å². The molecule has 1 aliphatic carbocycles. The van der Waals surface area contributed by atoms with Crippen LogP contribution in [0.5, 0.6) is 0 Å². The number of ketones is 1. The fourth-order valence-corrected chi connectivity index (χ4v) is 2.49. The molecule has 1 N–H and O–H groups in total. The maximum Gasteiger partial charge on any atom is 0.141 e. The molecule has 1 aromatic carbocycles. The fraction of sp³-hybridized carbons (Fsp3) is 0.500. The quantitative estimate of drug-likeness (QED) is 0.828. The summed E-state index contributed by atoms with van der Waals surface area (Å²) in [6, 6.07) is 9.49. The number of hydrogen-bond acceptors (Lipinski definition) is 2. The van der Waals surface area contributed by atoms with Crippen molar-refractivity contribution in [3.8, 4) is 0 Å². The zero-order valence-corrected chi connectivity index (χ0v) is 9.60. The Morgan fingerprint density at radius 1 is 1.25 bits per heavy atom. The minimum atomic E-state index is -0.628. The standard InChI is InChI=1S/C14H18O2/c1-10-6-5-9-12(13(10)15)14(16)11-7-3-2-4-8-11/h2-4,7-8,10,12,14,16H,5-6,9H2,1H3/t10-,12-,14+/m1/s1. The average molecular weight is 218 g/mol. The first-order valence-corrected chi connectivity index (χ1v) is 5.97. The van der Waals surface area contributed by atoms with Crippen molar-refractivity contribution in [1.82, 2.24) is 0 Å². The van der Waals surface area contributed by atoms with Gasteiger partial charge in [-0.1, -0.05) is 43.7 Å². The summed E-state index contributed by atoms with van der Waals surface area (Å²) < 4.78 is 0. The van der Waals surface area contributed by atoms with Gasteiger partial charge in [0.25, 0.3) is 0 Å². The Balaban J connectivity index is 2.15. The van der Waals surface area contributed by atoms with Crippen molar-refractivity contribution in [2.75, 3.05) is 0 Å². The summed E-state index contributed by atoms with van der Waals surface area (Å²) in [4.78, 5) is 12.0. The second kappa shape index (κ2) is 4.79. The van der Waals surface area contributed by atoms with Crippen LogP contribution >= 0.6 is 0 Å². The Bertz CT molecular complexity index is 358. The van der Waals surface area contributed by atoms with Gasteiger partial charge in [-0.25, -0.2) is 0 Å². The van der Waals surface area contributed by atoms with Crippen molar-refractivity contribution in [2.45, 2.75) is 32.3 Å². The van der Waals surface area contributed by atoms with E-state index in [4.69, 9.17) is 0 Å². The highest BCUT2D eigenvalue weighted by atomic mass is 16.3. The molecule has 86 valence electrons. The zero-order chi connectivity index (χ0) is 11.5. The molecule has 2 rings (SSSR count). The van der Waals surface area contributed by atoms with E-state index in [1.165, 1.54) is 0 Å². The lowest BCUT2D eigenvalue weighted by atomic mass is 9.77. The summed E-state index contributed by atoms with van der Waals surface area (Å²) in [6.45, 7) is 1.96. The van der Waals surface area contributed by atoms with E-state index in [1.807, 2.05) is 37.3 Å². The van der Waals surface area contributed by atoms with Crippen LogP contribution in [0.2, 0.25) is 0 Å². The smallest absolute Gasteiger partial charge is 0.141 e. The SMILES string of the molecule is C[C@@H]1CCC[C@@H]([C@@H](O)c2ccccc2)C1=O. The number of rotatable bonds is 2. The molecule has 0 spiro atoms. The summed E-state index contributed by atoms with van der Waals surface area (Å²) in [6.07, 6.45) is 2.20. The van der Waals surface area contributed by atoms with Gasteiger partial charge in [0.15, 0.2) is 0 Å². The third-order valence-electron chi connectivity index (χ3n) is 3.53. The molecule has 0 bridgehead atoms. The Morgan fingerprint density at radius 3 is 2.62 bits per heavy atom. The molecule has 2 heteroatoms. The molecule has 0 aliphatic heterocycles. The van der Waals surface area contributed by atoms with Crippen LogP contribution in [0.4, 0.5) is 0 Å². The van der Waals surface area contributed by atoms with E-state index in [2.05, 4.69) is 0 Å². The van der Waals surface area contributed by atoms with Crippen LogP contribution in [0.15, 0.2) is 30.3 Å². The molecule has 1 saturated carbocycles. The molecule has 0 amide bonds. The molecule has 16 heavy (non-hydrogen) atoms. The predicted molar refractivity (Wildman–Crippen MR) is 62.9 cm³/mol. The fourth-order valence-electron chi connectivity index (χ4n) is 2.49. The van der Waals surface area contributed by atoms with E-state index in [9.17, 15) is 9.90 Å². The molecular weight excluding hydrogens is 200 g/mol. The van der Waals surface area contributed by atoms with Gasteiger partial charge in [-0.2, -0.15) is 0 Å². The van der Waals surface area contributed by atoms with Gasteiger partial charge in [-0.05, 0) is 18.4 Å². The number of carbonyl (C=O) groups excluding carboxylic acids is 1. The monoisotopic (exact) mass is 218 g/mol. The second-order valence-corrected chi connectivity index (χ2v) is 4.70. The van der Waals surface area contributed by atoms with Gasteiger partial charge in [0.2, 0.25) is 0 Å². The molecule has 0 radical (unpaired) electrons. The van der Waals surface area contributed by atoms with Crippen LogP contribution in [0.1, 0.15) is 37.9 Å². The summed E-state index contributed by atoms with van der Waals surface area (Å²) in [7, 11) is 0. The summed E-state index contributed by atoms with van der Waals surface area (Å²) in [5.74, 6) is 0.130. The van der Waals surface area contributed by atoms with Gasteiger partial charge in [0.05, 0.1) is 6.10 Å². The third kappa shape index (κ3) is 2.17. The van der Waals surface area contributed by atoms with Gasteiger partial charge in [0, 0.05) is 11.8 Å². The molecule has 1 fully saturated rings. The third-order valence-corrected chi connectivity index (χ3v) is 3.53. The highest BCUT2D eigenvalue weighted by molar-refractivity contribution is 5.84. The summed E-state index contributed by atoms with van der Waals surface area (Å²) >= 11 is 0. The first kappa shape index (κ1) is 11.3. The molecule has 2 nitrogen and oxygen atoms in total. The molecule has 1 aliphatic rings. The Kier molecular flexibility index (Phi) is 3.39. The van der Waals surface area contributed by atoms with Gasteiger partial charge >= 0.3 is 0 Å². The van der Waals surface area contributed by atoms with Crippen molar-refractivity contribution < 1.29 is 9.90 Å². The number of aliphatic hydroxyl groups excluding tert-OH is 1. The molecule has 0 unspecified atom stereocenters. The normalized spacial score (nSPS) is 27.8. The van der Waals surface area contributed by atoms with Crippen LogP contribution < -0.4 is 0 Å². The lowest BCUT2D eigenvalue weighted by molar-refractivity contribution is -0.132. The molecule has 0 heterocycles. The van der Waals surface area contributed by atoms with Gasteiger partial charge in [-0.3, -0.25) is 4.79 Å². The van der Waals surface area contributed by atoms with Crippen molar-refractivity contribution >= 4 is 5.78 Å². The zero-order valence-electron chi connectivity index (χ0n) is 9.60. The molecular formula is C14H18O2. The molecule has 3 atom stereocenters.